The Bertz CT molecular complexity index is 328. The lowest BCUT2D eigenvalue weighted by atomic mass is 9.80. The third kappa shape index (κ3) is 1.57. The number of halogens is 1. The van der Waals surface area contributed by atoms with Crippen LogP contribution in [0.3, 0.4) is 0 Å². The van der Waals surface area contributed by atoms with Crippen LogP contribution in [0.15, 0.2) is 18.3 Å². The van der Waals surface area contributed by atoms with Gasteiger partial charge in [0.25, 0.3) is 0 Å². The summed E-state index contributed by atoms with van der Waals surface area (Å²) in [5, 5.41) is 17.7. The van der Waals surface area contributed by atoms with Crippen molar-refractivity contribution in [1.29, 1.82) is 0 Å². The molecule has 0 saturated heterocycles. The molecule has 0 aliphatic heterocycles. The van der Waals surface area contributed by atoms with Gasteiger partial charge in [0, 0.05) is 6.20 Å². The smallest absolute Gasteiger partial charge is 0.423 e. The molecule has 1 aliphatic rings. The minimum Gasteiger partial charge on any atom is -0.423 e. The maximum atomic E-state index is 13.4. The van der Waals surface area contributed by atoms with Gasteiger partial charge in [-0.3, -0.25) is 4.98 Å². The van der Waals surface area contributed by atoms with Gasteiger partial charge in [0.05, 0.1) is 5.69 Å². The second-order valence-corrected chi connectivity index (χ2v) is 3.31. The predicted octanol–water partition coefficient (Wildman–Crippen LogP) is -0.280. The fraction of sp³-hybridized carbons (Fsp3) is 0.375. The topological polar surface area (TPSA) is 53.4 Å². The molecule has 2 N–H and O–H groups in total. The first-order chi connectivity index (χ1) is 6.12. The molecule has 1 aliphatic carbocycles. The molecule has 0 bridgehead atoms. The summed E-state index contributed by atoms with van der Waals surface area (Å²) in [6, 6.07) is 2.86. The zero-order chi connectivity index (χ0) is 9.47. The first kappa shape index (κ1) is 8.65. The van der Waals surface area contributed by atoms with E-state index in [1.165, 1.54) is 18.3 Å². The second-order valence-electron chi connectivity index (χ2n) is 3.31. The number of aromatic nitrogens is 1. The van der Waals surface area contributed by atoms with Crippen LogP contribution in [0.25, 0.3) is 0 Å². The highest BCUT2D eigenvalue weighted by atomic mass is 19.1. The second kappa shape index (κ2) is 2.78. The van der Waals surface area contributed by atoms with Crippen molar-refractivity contribution in [1.82, 2.24) is 4.98 Å². The number of hydrogen-bond donors (Lipinski definition) is 2. The molecule has 1 aromatic rings. The van der Waals surface area contributed by atoms with Gasteiger partial charge < -0.3 is 10.0 Å². The number of alkyl halides is 1. The molecule has 5 heteroatoms. The van der Waals surface area contributed by atoms with Crippen LogP contribution in [0.2, 0.25) is 0 Å². The molecule has 0 unspecified atom stereocenters. The fourth-order valence-corrected chi connectivity index (χ4v) is 1.22. The molecular weight excluding hydrogens is 172 g/mol. The summed E-state index contributed by atoms with van der Waals surface area (Å²) < 4.78 is 13.4. The maximum absolute atomic E-state index is 13.4. The molecule has 1 saturated carbocycles. The fourth-order valence-electron chi connectivity index (χ4n) is 1.22. The molecule has 0 radical (unpaired) electrons. The first-order valence-electron chi connectivity index (χ1n) is 4.13. The Morgan fingerprint density at radius 1 is 1.46 bits per heavy atom. The van der Waals surface area contributed by atoms with Gasteiger partial charge in [-0.25, -0.2) is 4.39 Å². The van der Waals surface area contributed by atoms with E-state index in [0.29, 0.717) is 18.5 Å². The Labute approximate surface area is 75.4 Å². The van der Waals surface area contributed by atoms with Gasteiger partial charge in [-0.15, -0.1) is 0 Å². The molecule has 0 atom stereocenters. The van der Waals surface area contributed by atoms with Gasteiger partial charge in [0.15, 0.2) is 5.67 Å². The van der Waals surface area contributed by atoms with Crippen molar-refractivity contribution in [2.24, 2.45) is 0 Å². The lowest BCUT2D eigenvalue weighted by Gasteiger charge is -2.05. The predicted molar refractivity (Wildman–Crippen MR) is 46.1 cm³/mol. The van der Waals surface area contributed by atoms with Crippen molar-refractivity contribution in [3.63, 3.8) is 0 Å². The summed E-state index contributed by atoms with van der Waals surface area (Å²) >= 11 is 0. The molecule has 1 fully saturated rings. The number of pyridine rings is 1. The maximum Gasteiger partial charge on any atom is 0.488 e. The van der Waals surface area contributed by atoms with Crippen LogP contribution in [0, 0.1) is 0 Å². The van der Waals surface area contributed by atoms with Crippen LogP contribution < -0.4 is 5.46 Å². The SMILES string of the molecule is OB(O)c1ccnc(C2(F)CC2)c1. The van der Waals surface area contributed by atoms with Crippen LogP contribution in [-0.4, -0.2) is 22.2 Å². The monoisotopic (exact) mass is 181 g/mol. The third-order valence-corrected chi connectivity index (χ3v) is 2.23. The van der Waals surface area contributed by atoms with Crippen molar-refractivity contribution in [2.45, 2.75) is 18.5 Å². The standard InChI is InChI=1S/C8H9BFNO2/c10-8(2-3-8)7-5-6(9(12)13)1-4-11-7/h1,4-5,12-13H,2-3H2. The molecule has 1 heterocycles. The number of rotatable bonds is 2. The zero-order valence-electron chi connectivity index (χ0n) is 6.94. The molecule has 0 aromatic carbocycles. The average molecular weight is 181 g/mol. The minimum atomic E-state index is -1.55. The molecule has 0 amide bonds. The van der Waals surface area contributed by atoms with E-state index in [2.05, 4.69) is 4.98 Å². The van der Waals surface area contributed by atoms with Crippen LogP contribution >= 0.6 is 0 Å². The average Bonchev–Trinajstić information content (AvgIpc) is 2.85. The molecule has 3 nitrogen and oxygen atoms in total. The van der Waals surface area contributed by atoms with Crippen molar-refractivity contribution in [3.8, 4) is 0 Å². The molecular formula is C8H9BFNO2. The van der Waals surface area contributed by atoms with Gasteiger partial charge in [0.1, 0.15) is 0 Å². The van der Waals surface area contributed by atoms with E-state index in [9.17, 15) is 4.39 Å². The molecule has 13 heavy (non-hydrogen) atoms. The Hall–Kier alpha value is -0.935. The first-order valence-corrected chi connectivity index (χ1v) is 4.13. The van der Waals surface area contributed by atoms with Crippen LogP contribution in [-0.2, 0) is 5.67 Å². The van der Waals surface area contributed by atoms with E-state index in [1.54, 1.807) is 0 Å². The Morgan fingerprint density at radius 3 is 2.69 bits per heavy atom. The lowest BCUT2D eigenvalue weighted by Crippen LogP contribution is -2.30. The Morgan fingerprint density at radius 2 is 2.15 bits per heavy atom. The van der Waals surface area contributed by atoms with Crippen molar-refractivity contribution < 1.29 is 14.4 Å². The van der Waals surface area contributed by atoms with E-state index in [0.717, 1.165) is 0 Å². The van der Waals surface area contributed by atoms with Crippen LogP contribution in [0.5, 0.6) is 0 Å². The Balaban J connectivity index is 2.33. The quantitative estimate of drug-likeness (QED) is 0.617. The van der Waals surface area contributed by atoms with E-state index < -0.39 is 12.8 Å². The molecule has 68 valence electrons. The minimum absolute atomic E-state index is 0.286. The molecule has 1 aromatic heterocycles. The van der Waals surface area contributed by atoms with Crippen LogP contribution in [0.4, 0.5) is 4.39 Å². The van der Waals surface area contributed by atoms with Gasteiger partial charge in [0.2, 0.25) is 0 Å². The van der Waals surface area contributed by atoms with E-state index >= 15 is 0 Å². The molecule has 2 rings (SSSR count). The van der Waals surface area contributed by atoms with E-state index in [1.807, 2.05) is 0 Å². The van der Waals surface area contributed by atoms with E-state index in [4.69, 9.17) is 10.0 Å². The summed E-state index contributed by atoms with van der Waals surface area (Å²) in [5.41, 5.74) is -0.725. The number of nitrogens with zero attached hydrogens (tertiary/aromatic N) is 1. The summed E-state index contributed by atoms with van der Waals surface area (Å²) in [4.78, 5) is 3.86. The van der Waals surface area contributed by atoms with Crippen molar-refractivity contribution in [3.05, 3.63) is 24.0 Å². The highest BCUT2D eigenvalue weighted by Crippen LogP contribution is 2.48. The zero-order valence-corrected chi connectivity index (χ0v) is 6.94. The van der Waals surface area contributed by atoms with Gasteiger partial charge >= 0.3 is 7.12 Å². The van der Waals surface area contributed by atoms with E-state index in [-0.39, 0.29) is 5.46 Å². The molecule has 0 spiro atoms. The lowest BCUT2D eigenvalue weighted by molar-refractivity contribution is 0.309. The van der Waals surface area contributed by atoms with Crippen LogP contribution in [0.1, 0.15) is 18.5 Å². The van der Waals surface area contributed by atoms with Gasteiger partial charge in [-0.05, 0) is 30.4 Å². The normalized spacial score (nSPS) is 18.4. The summed E-state index contributed by atoms with van der Waals surface area (Å²) in [6.45, 7) is 0. The van der Waals surface area contributed by atoms with Crippen molar-refractivity contribution >= 4 is 12.6 Å². The summed E-state index contributed by atoms with van der Waals surface area (Å²) in [7, 11) is -1.55. The largest absolute Gasteiger partial charge is 0.488 e. The summed E-state index contributed by atoms with van der Waals surface area (Å²) in [5.74, 6) is 0. The van der Waals surface area contributed by atoms with Gasteiger partial charge in [-0.1, -0.05) is 0 Å². The highest BCUT2D eigenvalue weighted by Gasteiger charge is 2.46. The van der Waals surface area contributed by atoms with Gasteiger partial charge in [-0.2, -0.15) is 0 Å². The third-order valence-electron chi connectivity index (χ3n) is 2.23. The summed E-state index contributed by atoms with van der Waals surface area (Å²) in [6.07, 6.45) is 2.35. The highest BCUT2D eigenvalue weighted by molar-refractivity contribution is 6.58. The number of hydrogen-bond acceptors (Lipinski definition) is 3. The Kier molecular flexibility index (Phi) is 1.85. The van der Waals surface area contributed by atoms with Crippen molar-refractivity contribution in [2.75, 3.05) is 0 Å².